The predicted octanol–water partition coefficient (Wildman–Crippen LogP) is 15.1. The van der Waals surface area contributed by atoms with Gasteiger partial charge in [0.2, 0.25) is 0 Å². The van der Waals surface area contributed by atoms with E-state index < -0.39 is 0 Å². The molecule has 0 aliphatic heterocycles. The van der Waals surface area contributed by atoms with E-state index in [1.165, 1.54) is 99.1 Å². The number of hydrogen-bond donors (Lipinski definition) is 0. The summed E-state index contributed by atoms with van der Waals surface area (Å²) in [4.78, 5) is 0. The molecule has 0 bridgehead atoms. The molecule has 0 radical (unpaired) electrons. The number of benzene rings is 10. The first-order valence-corrected chi connectivity index (χ1v) is 18.7. The van der Waals surface area contributed by atoms with E-state index in [0.29, 0.717) is 0 Å². The maximum absolute atomic E-state index is 2.45. The lowest BCUT2D eigenvalue weighted by atomic mass is 9.79. The fourth-order valence-electron chi connectivity index (χ4n) is 8.39. The van der Waals surface area contributed by atoms with Gasteiger partial charge in [0, 0.05) is 0 Å². The zero-order valence-corrected chi connectivity index (χ0v) is 29.8. The van der Waals surface area contributed by atoms with Gasteiger partial charge in [-0.1, -0.05) is 212 Å². The second-order valence-corrected chi connectivity index (χ2v) is 14.0. The van der Waals surface area contributed by atoms with Crippen LogP contribution >= 0.6 is 0 Å². The van der Waals surface area contributed by atoms with Gasteiger partial charge in [-0.3, -0.25) is 0 Å². The van der Waals surface area contributed by atoms with Crippen molar-refractivity contribution in [3.05, 3.63) is 218 Å². The molecule has 0 heteroatoms. The lowest BCUT2D eigenvalue weighted by molar-refractivity contribution is 1.60. The zero-order chi connectivity index (χ0) is 35.8. The lowest BCUT2D eigenvalue weighted by Crippen LogP contribution is -1.96. The molecule has 0 nitrogen and oxygen atoms in total. The maximum Gasteiger partial charge on any atom is -0.000764 e. The standard InChI is InChI=1S/C54H36/c1-5-16-37(17-6-1)39-28-32-43(33-29-39)51-48-27-15-26-46(41-20-9-3-10-21-41)53(48)52(44-34-30-40(31-35-44)38-18-7-2-8-19-38)49-36-45-24-13-14-25-47(45)50(54(49)51)42-22-11-4-12-23-42/h1-36H. The molecule has 0 heterocycles. The molecule has 0 spiro atoms. The second kappa shape index (κ2) is 13.5. The molecule has 252 valence electrons. The molecule has 10 aromatic carbocycles. The van der Waals surface area contributed by atoms with Gasteiger partial charge in [0.15, 0.2) is 0 Å². The highest BCUT2D eigenvalue weighted by Crippen LogP contribution is 2.51. The minimum absolute atomic E-state index is 1.20. The van der Waals surface area contributed by atoms with E-state index in [4.69, 9.17) is 0 Å². The van der Waals surface area contributed by atoms with Crippen molar-refractivity contribution in [2.24, 2.45) is 0 Å². The van der Waals surface area contributed by atoms with Crippen LogP contribution in [-0.4, -0.2) is 0 Å². The van der Waals surface area contributed by atoms with Crippen LogP contribution in [0.5, 0.6) is 0 Å². The van der Waals surface area contributed by atoms with Crippen molar-refractivity contribution in [3.8, 4) is 66.8 Å². The van der Waals surface area contributed by atoms with Crippen molar-refractivity contribution in [1.29, 1.82) is 0 Å². The first-order valence-electron chi connectivity index (χ1n) is 18.7. The molecule has 10 aromatic rings. The highest BCUT2D eigenvalue weighted by molar-refractivity contribution is 6.30. The Hall–Kier alpha value is -7.02. The van der Waals surface area contributed by atoms with Gasteiger partial charge in [0.25, 0.3) is 0 Å². The molecule has 0 saturated heterocycles. The fourth-order valence-corrected chi connectivity index (χ4v) is 8.39. The third kappa shape index (κ3) is 5.48. The Labute approximate surface area is 316 Å². The molecule has 0 unspecified atom stereocenters. The summed E-state index contributed by atoms with van der Waals surface area (Å²) < 4.78 is 0. The first kappa shape index (κ1) is 31.7. The molecule has 54 heavy (non-hydrogen) atoms. The highest BCUT2D eigenvalue weighted by Gasteiger charge is 2.24. The number of fused-ring (bicyclic) bond motifs is 3. The predicted molar refractivity (Wildman–Crippen MR) is 232 cm³/mol. The number of hydrogen-bond acceptors (Lipinski definition) is 0. The van der Waals surface area contributed by atoms with E-state index >= 15 is 0 Å². The van der Waals surface area contributed by atoms with Crippen LogP contribution in [0, 0.1) is 0 Å². The third-order valence-corrected chi connectivity index (χ3v) is 10.9. The average Bonchev–Trinajstić information content (AvgIpc) is 3.26. The smallest absolute Gasteiger partial charge is 0.000764 e. The fraction of sp³-hybridized carbons (Fsp3) is 0. The minimum Gasteiger partial charge on any atom is -0.0622 e. The van der Waals surface area contributed by atoms with Gasteiger partial charge in [-0.2, -0.15) is 0 Å². The van der Waals surface area contributed by atoms with E-state index in [1.807, 2.05) is 0 Å². The van der Waals surface area contributed by atoms with Crippen LogP contribution in [0.15, 0.2) is 218 Å². The SMILES string of the molecule is c1ccc(-c2ccc(-c3c4cc5ccccc5c(-c5ccccc5)c4c(-c4ccc(-c5ccccc5)cc4)c4cccc(-c5ccccc5)c34)cc2)cc1. The number of rotatable bonds is 6. The Morgan fingerprint density at radius 3 is 1.13 bits per heavy atom. The minimum atomic E-state index is 1.20. The molecule has 0 amide bonds. The first-order chi connectivity index (χ1) is 26.8. The van der Waals surface area contributed by atoms with Gasteiger partial charge in [-0.05, 0) is 105 Å². The van der Waals surface area contributed by atoms with Crippen molar-refractivity contribution in [2.75, 3.05) is 0 Å². The lowest BCUT2D eigenvalue weighted by Gasteiger charge is -2.24. The van der Waals surface area contributed by atoms with Crippen LogP contribution in [0.2, 0.25) is 0 Å². The third-order valence-electron chi connectivity index (χ3n) is 10.9. The second-order valence-electron chi connectivity index (χ2n) is 14.0. The summed E-state index contributed by atoms with van der Waals surface area (Å²) in [5.41, 5.74) is 14.7. The quantitative estimate of drug-likeness (QED) is 0.153. The Morgan fingerprint density at radius 2 is 0.574 bits per heavy atom. The molecular weight excluding hydrogens is 649 g/mol. The molecule has 0 aliphatic rings. The summed E-state index contributed by atoms with van der Waals surface area (Å²) in [6.45, 7) is 0. The monoisotopic (exact) mass is 684 g/mol. The van der Waals surface area contributed by atoms with Crippen LogP contribution in [0.4, 0.5) is 0 Å². The highest BCUT2D eigenvalue weighted by atomic mass is 14.3. The van der Waals surface area contributed by atoms with Crippen molar-refractivity contribution in [1.82, 2.24) is 0 Å². The van der Waals surface area contributed by atoms with Crippen molar-refractivity contribution in [2.45, 2.75) is 0 Å². The van der Waals surface area contributed by atoms with Crippen LogP contribution in [0.1, 0.15) is 0 Å². The van der Waals surface area contributed by atoms with Gasteiger partial charge in [-0.15, -0.1) is 0 Å². The Balaban J connectivity index is 1.39. The summed E-state index contributed by atoms with van der Waals surface area (Å²) in [5.74, 6) is 0. The topological polar surface area (TPSA) is 0 Å². The Morgan fingerprint density at radius 1 is 0.204 bits per heavy atom. The van der Waals surface area contributed by atoms with Gasteiger partial charge in [0.05, 0.1) is 0 Å². The van der Waals surface area contributed by atoms with E-state index in [-0.39, 0.29) is 0 Å². The van der Waals surface area contributed by atoms with E-state index in [9.17, 15) is 0 Å². The zero-order valence-electron chi connectivity index (χ0n) is 29.8. The summed E-state index contributed by atoms with van der Waals surface area (Å²) in [5, 5.41) is 7.51. The molecule has 0 aromatic heterocycles. The van der Waals surface area contributed by atoms with Crippen molar-refractivity contribution < 1.29 is 0 Å². The van der Waals surface area contributed by atoms with E-state index in [2.05, 4.69) is 218 Å². The van der Waals surface area contributed by atoms with Crippen LogP contribution in [-0.2, 0) is 0 Å². The molecule has 0 N–H and O–H groups in total. The molecular formula is C54H36. The van der Waals surface area contributed by atoms with E-state index in [1.54, 1.807) is 0 Å². The normalized spacial score (nSPS) is 11.3. The van der Waals surface area contributed by atoms with Crippen molar-refractivity contribution >= 4 is 32.3 Å². The van der Waals surface area contributed by atoms with Gasteiger partial charge < -0.3 is 0 Å². The van der Waals surface area contributed by atoms with Crippen LogP contribution in [0.3, 0.4) is 0 Å². The van der Waals surface area contributed by atoms with Crippen LogP contribution < -0.4 is 0 Å². The summed E-state index contributed by atoms with van der Waals surface area (Å²) in [6.07, 6.45) is 0. The Bertz CT molecular complexity index is 2830. The van der Waals surface area contributed by atoms with Gasteiger partial charge in [-0.25, -0.2) is 0 Å². The largest absolute Gasteiger partial charge is 0.0622 e. The summed E-state index contributed by atoms with van der Waals surface area (Å²) in [6, 6.07) is 79.8. The average molecular weight is 685 g/mol. The van der Waals surface area contributed by atoms with Gasteiger partial charge in [0.1, 0.15) is 0 Å². The Kier molecular flexibility index (Phi) is 7.93. The molecule has 0 aliphatic carbocycles. The molecule has 10 rings (SSSR count). The summed E-state index contributed by atoms with van der Waals surface area (Å²) >= 11 is 0. The van der Waals surface area contributed by atoms with Crippen molar-refractivity contribution in [3.63, 3.8) is 0 Å². The molecule has 0 saturated carbocycles. The molecule has 0 fully saturated rings. The van der Waals surface area contributed by atoms with Gasteiger partial charge >= 0.3 is 0 Å². The maximum atomic E-state index is 2.45. The molecule has 0 atom stereocenters. The summed E-state index contributed by atoms with van der Waals surface area (Å²) in [7, 11) is 0. The van der Waals surface area contributed by atoms with Crippen LogP contribution in [0.25, 0.3) is 99.1 Å². The van der Waals surface area contributed by atoms with E-state index in [0.717, 1.165) is 0 Å².